The molecular weight excluding hydrogens is 185 g/mol. The third-order valence-corrected chi connectivity index (χ3v) is 2.41. The van der Waals surface area contributed by atoms with Crippen LogP contribution in [0.15, 0.2) is 23.4 Å². The number of nitrogens with zero attached hydrogens (tertiary/aromatic N) is 1. The maximum absolute atomic E-state index is 11.7. The molecule has 0 atom stereocenters. The van der Waals surface area contributed by atoms with Gasteiger partial charge in [-0.15, -0.1) is 11.8 Å². The van der Waals surface area contributed by atoms with E-state index < -0.39 is 0 Å². The van der Waals surface area contributed by atoms with Crippen LogP contribution in [0.5, 0.6) is 0 Å². The van der Waals surface area contributed by atoms with Gasteiger partial charge in [-0.25, -0.2) is 4.98 Å². The number of hydrogen-bond acceptors (Lipinski definition) is 2. The molecule has 1 nitrogen and oxygen atoms in total. The lowest BCUT2D eigenvalue weighted by molar-refractivity contribution is 0.532. The second-order valence-electron chi connectivity index (χ2n) is 1.83. The summed E-state index contributed by atoms with van der Waals surface area (Å²) >= 11 is 7.08. The van der Waals surface area contributed by atoms with E-state index in [2.05, 4.69) is 4.98 Å². The molecule has 0 aliphatic carbocycles. The van der Waals surface area contributed by atoms with Gasteiger partial charge in [-0.05, 0) is 12.1 Å². The lowest BCUT2D eigenvalue weighted by atomic mass is 10.5. The maximum atomic E-state index is 11.7. The summed E-state index contributed by atoms with van der Waals surface area (Å²) in [6.07, 6.45) is 1.65. The molecule has 0 aliphatic heterocycles. The monoisotopic (exact) mass is 191 g/mol. The minimum absolute atomic E-state index is 0.350. The first kappa shape index (κ1) is 8.81. The summed E-state index contributed by atoms with van der Waals surface area (Å²) in [5, 5.41) is 1.29. The van der Waals surface area contributed by atoms with Crippen LogP contribution in [0.4, 0.5) is 4.39 Å². The van der Waals surface area contributed by atoms with Gasteiger partial charge in [0.1, 0.15) is 5.03 Å². The first-order valence-corrected chi connectivity index (χ1v) is 4.50. The molecule has 0 unspecified atom stereocenters. The molecule has 0 bridgehead atoms. The molecule has 0 saturated heterocycles. The van der Waals surface area contributed by atoms with Crippen LogP contribution in [0.2, 0.25) is 5.02 Å². The number of alkyl halides is 1. The molecule has 60 valence electrons. The Bertz CT molecular complexity index is 231. The Morgan fingerprint density at radius 1 is 1.64 bits per heavy atom. The van der Waals surface area contributed by atoms with Crippen molar-refractivity contribution in [3.8, 4) is 0 Å². The molecule has 0 radical (unpaired) electrons. The molecule has 0 N–H and O–H groups in total. The topological polar surface area (TPSA) is 12.9 Å². The summed E-state index contributed by atoms with van der Waals surface area (Å²) in [5.74, 6) is 0.413. The van der Waals surface area contributed by atoms with Crippen molar-refractivity contribution in [3.63, 3.8) is 0 Å². The fourth-order valence-corrected chi connectivity index (χ4v) is 1.51. The van der Waals surface area contributed by atoms with Gasteiger partial charge in [-0.1, -0.05) is 11.6 Å². The zero-order chi connectivity index (χ0) is 8.10. The zero-order valence-electron chi connectivity index (χ0n) is 5.76. The summed E-state index contributed by atoms with van der Waals surface area (Å²) in [5.41, 5.74) is 0. The van der Waals surface area contributed by atoms with Crippen molar-refractivity contribution in [2.24, 2.45) is 0 Å². The molecule has 0 saturated carbocycles. The molecule has 1 rings (SSSR count). The number of thioether (sulfide) groups is 1. The van der Waals surface area contributed by atoms with Crippen molar-refractivity contribution >= 4 is 23.4 Å². The second-order valence-corrected chi connectivity index (χ2v) is 3.32. The molecule has 0 amide bonds. The van der Waals surface area contributed by atoms with E-state index in [-0.39, 0.29) is 6.67 Å². The fraction of sp³-hybridized carbons (Fsp3) is 0.286. The highest BCUT2D eigenvalue weighted by atomic mass is 35.5. The Morgan fingerprint density at radius 3 is 3.09 bits per heavy atom. The van der Waals surface area contributed by atoms with Crippen LogP contribution < -0.4 is 0 Å². The van der Waals surface area contributed by atoms with Crippen LogP contribution in [-0.2, 0) is 0 Å². The smallest absolute Gasteiger partial charge is 0.115 e. The zero-order valence-corrected chi connectivity index (χ0v) is 7.33. The third kappa shape index (κ3) is 2.67. The Morgan fingerprint density at radius 2 is 2.45 bits per heavy atom. The van der Waals surface area contributed by atoms with Gasteiger partial charge in [0.05, 0.1) is 11.7 Å². The van der Waals surface area contributed by atoms with E-state index in [0.717, 1.165) is 0 Å². The van der Waals surface area contributed by atoms with E-state index in [1.165, 1.54) is 11.8 Å². The first-order chi connectivity index (χ1) is 5.34. The lowest BCUT2D eigenvalue weighted by Crippen LogP contribution is -1.84. The Kier molecular flexibility index (Phi) is 3.66. The van der Waals surface area contributed by atoms with Gasteiger partial charge in [0.2, 0.25) is 0 Å². The van der Waals surface area contributed by atoms with E-state index in [1.54, 1.807) is 18.3 Å². The van der Waals surface area contributed by atoms with Gasteiger partial charge in [-0.2, -0.15) is 0 Å². The highest BCUT2D eigenvalue weighted by Crippen LogP contribution is 2.23. The summed E-state index contributed by atoms with van der Waals surface area (Å²) in [6, 6.07) is 3.50. The summed E-state index contributed by atoms with van der Waals surface area (Å²) in [6.45, 7) is -0.350. The summed E-state index contributed by atoms with van der Waals surface area (Å²) in [4.78, 5) is 3.98. The van der Waals surface area contributed by atoms with Gasteiger partial charge in [0, 0.05) is 11.9 Å². The second kappa shape index (κ2) is 4.57. The Hall–Kier alpha value is -0.280. The molecule has 4 heteroatoms. The molecule has 11 heavy (non-hydrogen) atoms. The summed E-state index contributed by atoms with van der Waals surface area (Å²) < 4.78 is 11.7. The van der Waals surface area contributed by atoms with E-state index in [0.29, 0.717) is 15.8 Å². The minimum atomic E-state index is -0.350. The Balaban J connectivity index is 2.62. The number of hydrogen-bond donors (Lipinski definition) is 0. The molecule has 1 aromatic heterocycles. The number of rotatable bonds is 3. The molecule has 1 aromatic rings. The summed E-state index contributed by atoms with van der Waals surface area (Å²) in [7, 11) is 0. The molecule has 0 aliphatic rings. The van der Waals surface area contributed by atoms with Gasteiger partial charge in [0.15, 0.2) is 0 Å². The molecule has 0 spiro atoms. The van der Waals surface area contributed by atoms with Crippen LogP contribution in [0.3, 0.4) is 0 Å². The first-order valence-electron chi connectivity index (χ1n) is 3.14. The van der Waals surface area contributed by atoms with E-state index in [4.69, 9.17) is 11.6 Å². The highest BCUT2D eigenvalue weighted by Gasteiger charge is 1.99. The van der Waals surface area contributed by atoms with Gasteiger partial charge in [0.25, 0.3) is 0 Å². The number of aromatic nitrogens is 1. The van der Waals surface area contributed by atoms with E-state index in [1.807, 2.05) is 0 Å². The number of pyridine rings is 1. The minimum Gasteiger partial charge on any atom is -0.250 e. The molecule has 1 heterocycles. The largest absolute Gasteiger partial charge is 0.250 e. The lowest BCUT2D eigenvalue weighted by Gasteiger charge is -1.98. The predicted octanol–water partition coefficient (Wildman–Crippen LogP) is 2.80. The average Bonchev–Trinajstić information content (AvgIpc) is 2.03. The van der Waals surface area contributed by atoms with Gasteiger partial charge in [-0.3, -0.25) is 4.39 Å². The SMILES string of the molecule is FCCSc1ncccc1Cl. The van der Waals surface area contributed by atoms with E-state index >= 15 is 0 Å². The molecule has 0 fully saturated rings. The van der Waals surface area contributed by atoms with Crippen molar-refractivity contribution in [1.82, 2.24) is 4.98 Å². The van der Waals surface area contributed by atoms with Crippen molar-refractivity contribution in [1.29, 1.82) is 0 Å². The van der Waals surface area contributed by atoms with E-state index in [9.17, 15) is 4.39 Å². The fourth-order valence-electron chi connectivity index (χ4n) is 0.613. The Labute approximate surface area is 74.0 Å². The van der Waals surface area contributed by atoms with Gasteiger partial charge >= 0.3 is 0 Å². The van der Waals surface area contributed by atoms with Crippen LogP contribution in [-0.4, -0.2) is 17.4 Å². The molecule has 0 aromatic carbocycles. The highest BCUT2D eigenvalue weighted by molar-refractivity contribution is 7.99. The van der Waals surface area contributed by atoms with Crippen molar-refractivity contribution in [2.45, 2.75) is 5.03 Å². The van der Waals surface area contributed by atoms with Crippen LogP contribution >= 0.6 is 23.4 Å². The van der Waals surface area contributed by atoms with Crippen molar-refractivity contribution < 1.29 is 4.39 Å². The quantitative estimate of drug-likeness (QED) is 0.682. The maximum Gasteiger partial charge on any atom is 0.115 e. The standard InChI is InChI=1S/C7H7ClFNS/c8-6-2-1-4-10-7(6)11-5-3-9/h1-2,4H,3,5H2. The van der Waals surface area contributed by atoms with Crippen molar-refractivity contribution in [3.05, 3.63) is 23.4 Å². The van der Waals surface area contributed by atoms with Crippen LogP contribution in [0.1, 0.15) is 0 Å². The van der Waals surface area contributed by atoms with Crippen molar-refractivity contribution in [2.75, 3.05) is 12.4 Å². The molecular formula is C7H7ClFNS. The normalized spacial score (nSPS) is 10.0. The van der Waals surface area contributed by atoms with Crippen LogP contribution in [0, 0.1) is 0 Å². The predicted molar refractivity (Wildman–Crippen MR) is 45.9 cm³/mol. The van der Waals surface area contributed by atoms with Gasteiger partial charge < -0.3 is 0 Å². The third-order valence-electron chi connectivity index (χ3n) is 1.04. The average molecular weight is 192 g/mol. The number of halogens is 2. The van der Waals surface area contributed by atoms with Crippen LogP contribution in [0.25, 0.3) is 0 Å².